The van der Waals surface area contributed by atoms with Crippen LogP contribution in [0, 0.1) is 0 Å². The Hall–Kier alpha value is -7.35. The highest BCUT2D eigenvalue weighted by atomic mass is 32.3. The maximum absolute atomic E-state index is 17.7. The van der Waals surface area contributed by atoms with Gasteiger partial charge in [0, 0.05) is 59.4 Å². The van der Waals surface area contributed by atoms with E-state index in [9.17, 15) is 0 Å². The Labute approximate surface area is 392 Å². The molecule has 0 saturated heterocycles. The van der Waals surface area contributed by atoms with E-state index in [0.717, 1.165) is 98.2 Å². The Morgan fingerprint density at radius 3 is 0.939 bits per heavy atom. The van der Waals surface area contributed by atoms with Gasteiger partial charge in [-0.1, -0.05) is 157 Å². The molecular formula is C60H38N2OS3. The van der Waals surface area contributed by atoms with Crippen LogP contribution in [0.5, 0.6) is 0 Å². The third kappa shape index (κ3) is 5.04. The zero-order chi connectivity index (χ0) is 43.6. The fraction of sp³-hybridized carbons (Fsp3) is 0. The smallest absolute Gasteiger partial charge is 0.0601 e. The molecule has 0 N–H and O–H groups in total. The predicted molar refractivity (Wildman–Crippen MR) is 273 cm³/mol. The van der Waals surface area contributed by atoms with Crippen molar-refractivity contribution < 1.29 is 4.21 Å². The van der Waals surface area contributed by atoms with Gasteiger partial charge in [0.05, 0.1) is 34.1 Å². The fourth-order valence-electron chi connectivity index (χ4n) is 11.0. The Kier molecular flexibility index (Phi) is 8.10. The van der Waals surface area contributed by atoms with E-state index in [1.54, 1.807) is 0 Å². The lowest BCUT2D eigenvalue weighted by molar-refractivity contribution is 0.658. The summed E-state index contributed by atoms with van der Waals surface area (Å²) >= 11 is 3.63. The van der Waals surface area contributed by atoms with Gasteiger partial charge < -0.3 is 9.80 Å². The molecule has 4 aliphatic rings. The molecule has 4 heterocycles. The van der Waals surface area contributed by atoms with Crippen LogP contribution >= 0.6 is 23.5 Å². The summed E-state index contributed by atoms with van der Waals surface area (Å²) in [5.74, 6) is 0. The molecule has 3 nitrogen and oxygen atoms in total. The van der Waals surface area contributed by atoms with Crippen LogP contribution in [0.25, 0.3) is 44.5 Å². The van der Waals surface area contributed by atoms with Crippen molar-refractivity contribution in [3.05, 3.63) is 231 Å². The molecule has 0 unspecified atom stereocenters. The molecule has 0 amide bonds. The molecule has 0 aromatic heterocycles. The lowest BCUT2D eigenvalue weighted by atomic mass is 9.94. The van der Waals surface area contributed by atoms with Gasteiger partial charge in [0.25, 0.3) is 0 Å². The third-order valence-corrected chi connectivity index (χ3v) is 20.8. The van der Waals surface area contributed by atoms with Crippen LogP contribution in [0.4, 0.5) is 34.1 Å². The average Bonchev–Trinajstić information content (AvgIpc) is 3.76. The number of para-hydroxylation sites is 6. The van der Waals surface area contributed by atoms with Crippen molar-refractivity contribution in [2.75, 3.05) is 9.80 Å². The van der Waals surface area contributed by atoms with E-state index in [0.29, 0.717) is 0 Å². The van der Waals surface area contributed by atoms with Gasteiger partial charge in [-0.2, -0.15) is 0 Å². The van der Waals surface area contributed by atoms with Crippen LogP contribution in [0.1, 0.15) is 0 Å². The van der Waals surface area contributed by atoms with E-state index in [2.05, 4.69) is 240 Å². The fourth-order valence-corrected chi connectivity index (χ4v) is 18.3. The molecule has 14 rings (SSSR count). The first kappa shape index (κ1) is 38.0. The molecule has 10 aromatic carbocycles. The molecule has 4 aliphatic heterocycles. The Morgan fingerprint density at radius 1 is 0.273 bits per heavy atom. The minimum absolute atomic E-state index is 0.868. The van der Waals surface area contributed by atoms with Crippen molar-refractivity contribution in [2.45, 2.75) is 39.2 Å². The maximum atomic E-state index is 17.7. The van der Waals surface area contributed by atoms with Crippen molar-refractivity contribution in [2.24, 2.45) is 0 Å². The maximum Gasteiger partial charge on any atom is 0.0601 e. The van der Waals surface area contributed by atoms with E-state index in [-0.39, 0.29) is 0 Å². The summed E-state index contributed by atoms with van der Waals surface area (Å²) in [5, 5.41) is 0. The molecular weight excluding hydrogens is 861 g/mol. The summed E-state index contributed by atoms with van der Waals surface area (Å²) in [6.07, 6.45) is 0. The first-order chi connectivity index (χ1) is 32.6. The first-order valence-electron chi connectivity index (χ1n) is 22.2. The van der Waals surface area contributed by atoms with Crippen LogP contribution < -0.4 is 9.80 Å². The minimum atomic E-state index is -4.12. The van der Waals surface area contributed by atoms with Gasteiger partial charge in [-0.15, -0.1) is 0 Å². The van der Waals surface area contributed by atoms with E-state index in [1.807, 2.05) is 23.5 Å². The van der Waals surface area contributed by atoms with E-state index in [4.69, 9.17) is 0 Å². The first-order valence-corrected chi connectivity index (χ1v) is 25.8. The molecule has 0 atom stereocenters. The van der Waals surface area contributed by atoms with Crippen molar-refractivity contribution in [3.63, 3.8) is 0 Å². The van der Waals surface area contributed by atoms with Gasteiger partial charge in [-0.25, -0.2) is 0 Å². The van der Waals surface area contributed by atoms with Crippen molar-refractivity contribution in [1.29, 1.82) is 0 Å². The van der Waals surface area contributed by atoms with Gasteiger partial charge in [-0.3, -0.25) is 4.21 Å². The quantitative estimate of drug-likeness (QED) is 0.175. The number of hydrogen-bond acceptors (Lipinski definition) is 5. The predicted octanol–water partition coefficient (Wildman–Crippen LogP) is 17.2. The second-order valence-corrected chi connectivity index (χ2v) is 23.0. The van der Waals surface area contributed by atoms with Crippen molar-refractivity contribution in [1.82, 2.24) is 0 Å². The highest BCUT2D eigenvalue weighted by molar-refractivity contribution is 8.21. The van der Waals surface area contributed by atoms with Gasteiger partial charge in [0.2, 0.25) is 0 Å². The number of rotatable bonds is 4. The highest BCUT2D eigenvalue weighted by Gasteiger charge is 2.57. The van der Waals surface area contributed by atoms with E-state index in [1.165, 1.54) is 19.6 Å². The second-order valence-electron chi connectivity index (χ2n) is 17.1. The molecule has 1 spiro atoms. The van der Waals surface area contributed by atoms with E-state index >= 15 is 4.21 Å². The molecule has 0 saturated carbocycles. The molecule has 0 fully saturated rings. The third-order valence-electron chi connectivity index (χ3n) is 13.8. The Bertz CT molecular complexity index is 3440. The molecule has 0 radical (unpaired) electrons. The van der Waals surface area contributed by atoms with Crippen LogP contribution in [0.3, 0.4) is 0 Å². The van der Waals surface area contributed by atoms with Gasteiger partial charge in [0.15, 0.2) is 0 Å². The lowest BCUT2D eigenvalue weighted by Crippen LogP contribution is -2.30. The zero-order valence-corrected chi connectivity index (χ0v) is 37.9. The summed E-state index contributed by atoms with van der Waals surface area (Å²) < 4.78 is 17.7. The number of hydrogen-bond donors (Lipinski definition) is 0. The monoisotopic (exact) mass is 898 g/mol. The number of nitrogens with zero attached hydrogens (tertiary/aromatic N) is 2. The van der Waals surface area contributed by atoms with Crippen LogP contribution in [-0.2, 0) is 9.07 Å². The summed E-state index contributed by atoms with van der Waals surface area (Å²) in [5.41, 5.74) is 15.2. The summed E-state index contributed by atoms with van der Waals surface area (Å²) in [4.78, 5) is 13.2. The van der Waals surface area contributed by atoms with Gasteiger partial charge >= 0.3 is 0 Å². The summed E-state index contributed by atoms with van der Waals surface area (Å²) in [7, 11) is -4.12. The lowest BCUT2D eigenvalue weighted by Gasteiger charge is -2.39. The number of fused-ring (bicyclic) bond motifs is 14. The zero-order valence-electron chi connectivity index (χ0n) is 35.5. The standard InChI is InChI=1S/C60H38N2OS3/c63-66(57-31-15-3-19-43(57)44-20-4-16-32-58(44)66)59-35-33-39(41-17-1-5-21-47(41)61-49-23-7-11-27-53(49)64-54-28-12-8-24-50(54)61)37-45(59)46-38-40(34-36-60(46)66)42-18-2-6-22-48(42)62-51-25-9-13-29-55(51)65-56-30-14-10-26-52(56)62/h1-38H. The largest absolute Gasteiger partial charge is 0.308 e. The molecule has 6 heteroatoms. The van der Waals surface area contributed by atoms with E-state index < -0.39 is 9.07 Å². The SMILES string of the molecule is O=S12(c3ccccc3-c3ccccc31)c1ccc(-c3ccccc3N3c4ccccc4Sc4ccccc43)cc1-c1cc(-c3ccccc3N3c4ccccc4Sc4ccccc43)ccc12. The molecule has 66 heavy (non-hydrogen) atoms. The minimum Gasteiger partial charge on any atom is -0.308 e. The van der Waals surface area contributed by atoms with Crippen molar-refractivity contribution >= 4 is 66.7 Å². The van der Waals surface area contributed by atoms with Crippen molar-refractivity contribution in [3.8, 4) is 44.5 Å². The molecule has 0 aliphatic carbocycles. The Balaban J connectivity index is 1.02. The molecule has 312 valence electrons. The number of benzene rings is 10. The Morgan fingerprint density at radius 2 is 0.561 bits per heavy atom. The van der Waals surface area contributed by atoms with Crippen LogP contribution in [-0.4, -0.2) is 4.21 Å². The summed E-state index contributed by atoms with van der Waals surface area (Å²) in [6, 6.07) is 82.4. The topological polar surface area (TPSA) is 23.6 Å². The molecule has 0 bridgehead atoms. The molecule has 10 aromatic rings. The summed E-state index contributed by atoms with van der Waals surface area (Å²) in [6.45, 7) is 0. The van der Waals surface area contributed by atoms with Gasteiger partial charge in [0.1, 0.15) is 0 Å². The van der Waals surface area contributed by atoms with Gasteiger partial charge in [-0.05, 0) is 130 Å². The normalized spacial score (nSPS) is 15.5. The average molecular weight is 899 g/mol. The second kappa shape index (κ2) is 14.1. The number of anilines is 6. The van der Waals surface area contributed by atoms with Crippen LogP contribution in [0.15, 0.2) is 270 Å². The highest BCUT2D eigenvalue weighted by Crippen LogP contribution is 2.71. The van der Waals surface area contributed by atoms with Crippen LogP contribution in [0.2, 0.25) is 0 Å².